The number of carboxylic acids is 1. The summed E-state index contributed by atoms with van der Waals surface area (Å²) in [6, 6.07) is 11.7. The summed E-state index contributed by atoms with van der Waals surface area (Å²) < 4.78 is 43.9. The Morgan fingerprint density at radius 2 is 1.72 bits per heavy atom. The van der Waals surface area contributed by atoms with Crippen LogP contribution in [0.5, 0.6) is 0 Å². The predicted molar refractivity (Wildman–Crippen MR) is 109 cm³/mol. The summed E-state index contributed by atoms with van der Waals surface area (Å²) in [6.45, 7) is 2.56. The highest BCUT2D eigenvalue weighted by Crippen LogP contribution is 2.35. The SMILES string of the molecule is O=C(O)c1cccc(CN2CC3(CCN(Cc4ccc(C(F)(F)F)cc4)CC3)OC2=O)c1. The summed E-state index contributed by atoms with van der Waals surface area (Å²) in [6.07, 6.45) is -3.50. The van der Waals surface area contributed by atoms with Crippen LogP contribution in [0.25, 0.3) is 0 Å². The monoisotopic (exact) mass is 448 g/mol. The molecule has 2 aliphatic heterocycles. The van der Waals surface area contributed by atoms with Crippen molar-refractivity contribution < 1.29 is 32.6 Å². The zero-order valence-corrected chi connectivity index (χ0v) is 17.3. The van der Waals surface area contributed by atoms with E-state index >= 15 is 0 Å². The van der Waals surface area contributed by atoms with Crippen LogP contribution < -0.4 is 0 Å². The maximum atomic E-state index is 12.7. The number of alkyl halides is 3. The first-order valence-electron chi connectivity index (χ1n) is 10.3. The number of piperidine rings is 1. The van der Waals surface area contributed by atoms with Gasteiger partial charge < -0.3 is 9.84 Å². The van der Waals surface area contributed by atoms with Crippen LogP contribution in [-0.2, 0) is 24.0 Å². The Morgan fingerprint density at radius 3 is 2.34 bits per heavy atom. The van der Waals surface area contributed by atoms with Crippen molar-refractivity contribution in [2.45, 2.75) is 37.7 Å². The lowest BCUT2D eigenvalue weighted by atomic mass is 9.91. The molecule has 0 saturated carbocycles. The lowest BCUT2D eigenvalue weighted by Crippen LogP contribution is -2.46. The van der Waals surface area contributed by atoms with Gasteiger partial charge in [-0.15, -0.1) is 0 Å². The lowest BCUT2D eigenvalue weighted by molar-refractivity contribution is -0.137. The molecule has 2 saturated heterocycles. The Bertz CT molecular complexity index is 999. The second-order valence-electron chi connectivity index (χ2n) is 8.38. The van der Waals surface area contributed by atoms with Crippen molar-refractivity contribution in [3.05, 3.63) is 70.8 Å². The number of hydrogen-bond donors (Lipinski definition) is 1. The van der Waals surface area contributed by atoms with E-state index < -0.39 is 29.4 Å². The number of halogens is 3. The van der Waals surface area contributed by atoms with Crippen LogP contribution in [0.1, 0.15) is 39.9 Å². The zero-order chi connectivity index (χ0) is 22.9. The minimum absolute atomic E-state index is 0.168. The standard InChI is InChI=1S/C23H23F3N2O4/c24-23(25,26)19-6-4-16(5-7-19)13-27-10-8-22(9-11-27)15-28(21(31)32-22)14-17-2-1-3-18(12-17)20(29)30/h1-7,12H,8-11,13-15H2,(H,29,30). The fourth-order valence-corrected chi connectivity index (χ4v) is 4.27. The molecule has 0 unspecified atom stereocenters. The molecule has 0 aromatic heterocycles. The zero-order valence-electron chi connectivity index (χ0n) is 17.3. The first kappa shape index (κ1) is 22.1. The summed E-state index contributed by atoms with van der Waals surface area (Å²) in [5, 5.41) is 9.14. The molecule has 9 heteroatoms. The molecule has 0 aliphatic carbocycles. The number of carbonyl (C=O) groups is 2. The van der Waals surface area contributed by atoms with Crippen molar-refractivity contribution in [3.8, 4) is 0 Å². The molecule has 1 spiro atoms. The minimum Gasteiger partial charge on any atom is -0.478 e. The number of rotatable bonds is 5. The van der Waals surface area contributed by atoms with Gasteiger partial charge in [-0.2, -0.15) is 13.2 Å². The van der Waals surface area contributed by atoms with Crippen LogP contribution in [0.3, 0.4) is 0 Å². The molecule has 2 aliphatic rings. The van der Waals surface area contributed by atoms with E-state index in [0.29, 0.717) is 39.0 Å². The Labute approximate surface area is 183 Å². The number of benzene rings is 2. The molecule has 6 nitrogen and oxygen atoms in total. The smallest absolute Gasteiger partial charge is 0.416 e. The van der Waals surface area contributed by atoms with Crippen LogP contribution in [0.15, 0.2) is 48.5 Å². The summed E-state index contributed by atoms with van der Waals surface area (Å²) in [5.41, 5.74) is 0.445. The maximum absolute atomic E-state index is 12.7. The number of carbonyl (C=O) groups excluding carboxylic acids is 1. The summed E-state index contributed by atoms with van der Waals surface area (Å²) in [7, 11) is 0. The largest absolute Gasteiger partial charge is 0.478 e. The van der Waals surface area contributed by atoms with Crippen LogP contribution >= 0.6 is 0 Å². The third kappa shape index (κ3) is 4.88. The number of nitrogens with zero attached hydrogens (tertiary/aromatic N) is 2. The highest BCUT2D eigenvalue weighted by atomic mass is 19.4. The average Bonchev–Trinajstić information content (AvgIpc) is 3.04. The Hall–Kier alpha value is -3.07. The molecule has 170 valence electrons. The Balaban J connectivity index is 1.33. The second kappa shape index (κ2) is 8.46. The number of ether oxygens (including phenoxy) is 1. The molecule has 1 amide bonds. The number of hydrogen-bond acceptors (Lipinski definition) is 4. The molecule has 2 aromatic rings. The summed E-state index contributed by atoms with van der Waals surface area (Å²) in [4.78, 5) is 27.3. The van der Waals surface area contributed by atoms with Crippen molar-refractivity contribution in [2.75, 3.05) is 19.6 Å². The molecule has 2 heterocycles. The van der Waals surface area contributed by atoms with E-state index in [9.17, 15) is 22.8 Å². The first-order chi connectivity index (χ1) is 15.1. The number of aromatic carboxylic acids is 1. The van der Waals surface area contributed by atoms with Gasteiger partial charge in [0.2, 0.25) is 0 Å². The molecule has 4 rings (SSSR count). The van der Waals surface area contributed by atoms with E-state index in [1.165, 1.54) is 18.2 Å². The predicted octanol–water partition coefficient (Wildman–Crippen LogP) is 4.39. The molecule has 2 aromatic carbocycles. The first-order valence-corrected chi connectivity index (χ1v) is 10.3. The summed E-state index contributed by atoms with van der Waals surface area (Å²) in [5.74, 6) is -1.02. The molecule has 0 radical (unpaired) electrons. The van der Waals surface area contributed by atoms with Gasteiger partial charge in [0.05, 0.1) is 17.7 Å². The van der Waals surface area contributed by atoms with Gasteiger partial charge in [-0.25, -0.2) is 9.59 Å². The van der Waals surface area contributed by atoms with Crippen LogP contribution in [-0.4, -0.2) is 52.2 Å². The highest BCUT2D eigenvalue weighted by molar-refractivity contribution is 5.87. The van der Waals surface area contributed by atoms with Crippen molar-refractivity contribution in [2.24, 2.45) is 0 Å². The van der Waals surface area contributed by atoms with Crippen molar-refractivity contribution in [3.63, 3.8) is 0 Å². The van der Waals surface area contributed by atoms with E-state index in [0.717, 1.165) is 23.3 Å². The number of amides is 1. The fraction of sp³-hybridized carbons (Fsp3) is 0.391. The van der Waals surface area contributed by atoms with E-state index in [2.05, 4.69) is 4.90 Å². The molecular weight excluding hydrogens is 425 g/mol. The third-order valence-electron chi connectivity index (χ3n) is 6.04. The lowest BCUT2D eigenvalue weighted by Gasteiger charge is -2.37. The van der Waals surface area contributed by atoms with Crippen LogP contribution in [0, 0.1) is 0 Å². The van der Waals surface area contributed by atoms with E-state index in [1.54, 1.807) is 23.1 Å². The molecule has 32 heavy (non-hydrogen) atoms. The third-order valence-corrected chi connectivity index (χ3v) is 6.04. The fourth-order valence-electron chi connectivity index (χ4n) is 4.27. The van der Waals surface area contributed by atoms with E-state index in [4.69, 9.17) is 9.84 Å². The molecule has 2 fully saturated rings. The normalized spacial score (nSPS) is 18.7. The van der Waals surface area contributed by atoms with Gasteiger partial charge in [0.25, 0.3) is 0 Å². The molecule has 1 N–H and O–H groups in total. The van der Waals surface area contributed by atoms with Gasteiger partial charge in [-0.1, -0.05) is 24.3 Å². The molecule has 0 atom stereocenters. The van der Waals surface area contributed by atoms with E-state index in [1.807, 2.05) is 0 Å². The minimum atomic E-state index is -4.34. The summed E-state index contributed by atoms with van der Waals surface area (Å²) >= 11 is 0. The van der Waals surface area contributed by atoms with E-state index in [-0.39, 0.29) is 12.1 Å². The number of carboxylic acid groups (broad SMARTS) is 1. The van der Waals surface area contributed by atoms with Gasteiger partial charge in [0.1, 0.15) is 5.60 Å². The topological polar surface area (TPSA) is 70.1 Å². The quantitative estimate of drug-likeness (QED) is 0.735. The van der Waals surface area contributed by atoms with Crippen LogP contribution in [0.2, 0.25) is 0 Å². The van der Waals surface area contributed by atoms with Crippen molar-refractivity contribution in [1.82, 2.24) is 9.80 Å². The maximum Gasteiger partial charge on any atom is 0.416 e. The van der Waals surface area contributed by atoms with Crippen LogP contribution in [0.4, 0.5) is 18.0 Å². The Morgan fingerprint density at radius 1 is 1.03 bits per heavy atom. The van der Waals surface area contributed by atoms with Crippen molar-refractivity contribution in [1.29, 1.82) is 0 Å². The molecular formula is C23H23F3N2O4. The Kier molecular flexibility index (Phi) is 5.85. The average molecular weight is 448 g/mol. The second-order valence-corrected chi connectivity index (χ2v) is 8.38. The van der Waals surface area contributed by atoms with Gasteiger partial charge >= 0.3 is 18.2 Å². The van der Waals surface area contributed by atoms with Gasteiger partial charge in [-0.05, 0) is 35.4 Å². The molecule has 0 bridgehead atoms. The van der Waals surface area contributed by atoms with Crippen molar-refractivity contribution >= 4 is 12.1 Å². The highest BCUT2D eigenvalue weighted by Gasteiger charge is 2.46. The van der Waals surface area contributed by atoms with Gasteiger partial charge in [0.15, 0.2) is 0 Å². The van der Waals surface area contributed by atoms with Gasteiger partial charge in [0, 0.05) is 39.0 Å². The van der Waals surface area contributed by atoms with Gasteiger partial charge in [-0.3, -0.25) is 9.80 Å². The number of likely N-dealkylation sites (tertiary alicyclic amines) is 1.